The Morgan fingerprint density at radius 3 is 2.40 bits per heavy atom. The minimum Gasteiger partial charge on any atom is -0.350 e. The summed E-state index contributed by atoms with van der Waals surface area (Å²) in [6, 6.07) is 18.2. The summed E-state index contributed by atoms with van der Waals surface area (Å²) < 4.78 is 0. The summed E-state index contributed by atoms with van der Waals surface area (Å²) in [7, 11) is 0. The largest absolute Gasteiger partial charge is 0.350 e. The van der Waals surface area contributed by atoms with Crippen LogP contribution in [0.15, 0.2) is 54.6 Å². The highest BCUT2D eigenvalue weighted by Gasteiger charge is 2.11. The molecule has 0 heterocycles. The van der Waals surface area contributed by atoms with E-state index in [4.69, 9.17) is 0 Å². The van der Waals surface area contributed by atoms with Crippen LogP contribution in [0.1, 0.15) is 34.8 Å². The molecule has 1 N–H and O–H groups in total. The van der Waals surface area contributed by atoms with Crippen LogP contribution >= 0.6 is 0 Å². The molecule has 2 heteroatoms. The summed E-state index contributed by atoms with van der Waals surface area (Å²) in [5.74, 6) is 0.0173. The molecule has 1 atom stereocenters. The van der Waals surface area contributed by atoms with Crippen molar-refractivity contribution in [2.45, 2.75) is 32.7 Å². The van der Waals surface area contributed by atoms with Gasteiger partial charge in [-0.15, -0.1) is 0 Å². The van der Waals surface area contributed by atoms with Gasteiger partial charge in [-0.3, -0.25) is 4.79 Å². The van der Waals surface area contributed by atoms with Gasteiger partial charge < -0.3 is 5.32 Å². The average molecular weight is 267 g/mol. The van der Waals surface area contributed by atoms with Crippen LogP contribution < -0.4 is 5.32 Å². The molecule has 0 aliphatic carbocycles. The highest BCUT2D eigenvalue weighted by atomic mass is 16.1. The van der Waals surface area contributed by atoms with Gasteiger partial charge in [0, 0.05) is 11.6 Å². The number of carbonyl (C=O) groups is 1. The zero-order chi connectivity index (χ0) is 14.4. The zero-order valence-corrected chi connectivity index (χ0v) is 12.1. The van der Waals surface area contributed by atoms with E-state index < -0.39 is 0 Å². The van der Waals surface area contributed by atoms with Gasteiger partial charge in [0.1, 0.15) is 0 Å². The number of aryl methyl sites for hydroxylation is 2. The lowest BCUT2D eigenvalue weighted by Crippen LogP contribution is -2.33. The van der Waals surface area contributed by atoms with Gasteiger partial charge in [-0.25, -0.2) is 0 Å². The van der Waals surface area contributed by atoms with E-state index >= 15 is 0 Å². The summed E-state index contributed by atoms with van der Waals surface area (Å²) in [6.45, 7) is 4.02. The highest BCUT2D eigenvalue weighted by Crippen LogP contribution is 2.09. The Hall–Kier alpha value is -2.09. The van der Waals surface area contributed by atoms with Crippen molar-refractivity contribution in [3.63, 3.8) is 0 Å². The molecule has 0 saturated heterocycles. The second kappa shape index (κ2) is 6.90. The number of carbonyl (C=O) groups excluding carboxylic acids is 1. The normalized spacial score (nSPS) is 11.9. The maximum atomic E-state index is 12.2. The first kappa shape index (κ1) is 14.3. The van der Waals surface area contributed by atoms with Gasteiger partial charge in [0.25, 0.3) is 5.91 Å². The quantitative estimate of drug-likeness (QED) is 0.878. The minimum absolute atomic E-state index is 0.0173. The topological polar surface area (TPSA) is 29.1 Å². The van der Waals surface area contributed by atoms with Crippen molar-refractivity contribution in [2.75, 3.05) is 0 Å². The molecule has 0 unspecified atom stereocenters. The molecule has 0 fully saturated rings. The first-order valence-electron chi connectivity index (χ1n) is 7.07. The summed E-state index contributed by atoms with van der Waals surface area (Å²) in [5.41, 5.74) is 3.09. The number of amides is 1. The zero-order valence-electron chi connectivity index (χ0n) is 12.1. The molecule has 0 aliphatic heterocycles. The Kier molecular flexibility index (Phi) is 4.94. The predicted molar refractivity (Wildman–Crippen MR) is 82.9 cm³/mol. The Labute approximate surface area is 120 Å². The standard InChI is InChI=1S/C18H21NO/c1-14-8-6-7-11-17(14)18(20)19-15(2)12-13-16-9-4-3-5-10-16/h3-11,15H,12-13H2,1-2H3,(H,19,20)/t15-/m1/s1. The molecule has 0 spiro atoms. The maximum Gasteiger partial charge on any atom is 0.251 e. The van der Waals surface area contributed by atoms with Crippen LogP contribution in [0.2, 0.25) is 0 Å². The van der Waals surface area contributed by atoms with E-state index in [9.17, 15) is 4.79 Å². The molecule has 2 aromatic carbocycles. The number of benzene rings is 2. The van der Waals surface area contributed by atoms with Crippen LogP contribution in [0.3, 0.4) is 0 Å². The molecule has 2 aromatic rings. The molecule has 0 radical (unpaired) electrons. The van der Waals surface area contributed by atoms with Gasteiger partial charge in [0.15, 0.2) is 0 Å². The first-order chi connectivity index (χ1) is 9.66. The van der Waals surface area contributed by atoms with E-state index in [0.29, 0.717) is 0 Å². The van der Waals surface area contributed by atoms with Gasteiger partial charge in [-0.2, -0.15) is 0 Å². The van der Waals surface area contributed by atoms with Crippen LogP contribution in [-0.4, -0.2) is 11.9 Å². The van der Waals surface area contributed by atoms with Crippen LogP contribution in [0.5, 0.6) is 0 Å². The third kappa shape index (κ3) is 3.95. The Morgan fingerprint density at radius 2 is 1.70 bits per heavy atom. The third-order valence-corrected chi connectivity index (χ3v) is 3.48. The number of nitrogens with one attached hydrogen (secondary N) is 1. The van der Waals surface area contributed by atoms with E-state index in [2.05, 4.69) is 24.4 Å². The van der Waals surface area contributed by atoms with Gasteiger partial charge in [0.2, 0.25) is 0 Å². The van der Waals surface area contributed by atoms with Crippen molar-refractivity contribution in [3.8, 4) is 0 Å². The van der Waals surface area contributed by atoms with E-state index in [1.807, 2.05) is 49.4 Å². The summed E-state index contributed by atoms with van der Waals surface area (Å²) in [5, 5.41) is 3.07. The fourth-order valence-corrected chi connectivity index (χ4v) is 2.23. The average Bonchev–Trinajstić information content (AvgIpc) is 2.46. The molecular formula is C18H21NO. The molecule has 2 nitrogen and oxygen atoms in total. The van der Waals surface area contributed by atoms with Crippen LogP contribution in [0.4, 0.5) is 0 Å². The van der Waals surface area contributed by atoms with Gasteiger partial charge in [0.05, 0.1) is 0 Å². The Morgan fingerprint density at radius 1 is 1.05 bits per heavy atom. The minimum atomic E-state index is 0.0173. The van der Waals surface area contributed by atoms with Crippen LogP contribution in [0.25, 0.3) is 0 Å². The van der Waals surface area contributed by atoms with Crippen LogP contribution in [0, 0.1) is 6.92 Å². The van der Waals surface area contributed by atoms with E-state index in [0.717, 1.165) is 24.0 Å². The monoisotopic (exact) mass is 267 g/mol. The number of hydrogen-bond donors (Lipinski definition) is 1. The van der Waals surface area contributed by atoms with E-state index in [-0.39, 0.29) is 11.9 Å². The molecule has 104 valence electrons. The summed E-state index contributed by atoms with van der Waals surface area (Å²) >= 11 is 0. The van der Waals surface area contributed by atoms with Crippen molar-refractivity contribution in [3.05, 3.63) is 71.3 Å². The molecule has 0 aromatic heterocycles. The maximum absolute atomic E-state index is 12.2. The van der Waals surface area contributed by atoms with Gasteiger partial charge in [-0.05, 0) is 43.9 Å². The van der Waals surface area contributed by atoms with Crippen molar-refractivity contribution in [1.82, 2.24) is 5.32 Å². The van der Waals surface area contributed by atoms with Gasteiger partial charge >= 0.3 is 0 Å². The highest BCUT2D eigenvalue weighted by molar-refractivity contribution is 5.95. The lowest BCUT2D eigenvalue weighted by molar-refractivity contribution is 0.0938. The number of rotatable bonds is 5. The molecule has 2 rings (SSSR count). The lowest BCUT2D eigenvalue weighted by atomic mass is 10.0. The molecule has 0 aliphatic rings. The van der Waals surface area contributed by atoms with Crippen LogP contribution in [-0.2, 0) is 6.42 Å². The molecule has 0 bridgehead atoms. The molecule has 0 saturated carbocycles. The smallest absolute Gasteiger partial charge is 0.251 e. The Bertz CT molecular complexity index is 563. The van der Waals surface area contributed by atoms with Crippen molar-refractivity contribution in [1.29, 1.82) is 0 Å². The fourth-order valence-electron chi connectivity index (χ4n) is 2.23. The second-order valence-corrected chi connectivity index (χ2v) is 5.21. The van der Waals surface area contributed by atoms with Crippen molar-refractivity contribution < 1.29 is 4.79 Å². The Balaban J connectivity index is 1.87. The SMILES string of the molecule is Cc1ccccc1C(=O)N[C@H](C)CCc1ccccc1. The first-order valence-corrected chi connectivity index (χ1v) is 7.07. The predicted octanol–water partition coefficient (Wildman–Crippen LogP) is 3.75. The van der Waals surface area contributed by atoms with Crippen molar-refractivity contribution in [2.24, 2.45) is 0 Å². The molecule has 20 heavy (non-hydrogen) atoms. The lowest BCUT2D eigenvalue weighted by Gasteiger charge is -2.15. The third-order valence-electron chi connectivity index (χ3n) is 3.48. The van der Waals surface area contributed by atoms with Crippen molar-refractivity contribution >= 4 is 5.91 Å². The summed E-state index contributed by atoms with van der Waals surface area (Å²) in [6.07, 6.45) is 1.93. The molecule has 1 amide bonds. The summed E-state index contributed by atoms with van der Waals surface area (Å²) in [4.78, 5) is 12.2. The van der Waals surface area contributed by atoms with E-state index in [1.165, 1.54) is 5.56 Å². The van der Waals surface area contributed by atoms with Gasteiger partial charge in [-0.1, -0.05) is 48.5 Å². The molecular weight excluding hydrogens is 246 g/mol. The second-order valence-electron chi connectivity index (χ2n) is 5.21. The number of hydrogen-bond acceptors (Lipinski definition) is 1. The fraction of sp³-hybridized carbons (Fsp3) is 0.278. The van der Waals surface area contributed by atoms with E-state index in [1.54, 1.807) is 0 Å².